The Morgan fingerprint density at radius 2 is 1.79 bits per heavy atom. The Balaban J connectivity index is 1.61. The zero-order valence-electron chi connectivity index (χ0n) is 19.1. The molecule has 2 aliphatic rings. The highest BCUT2D eigenvalue weighted by Gasteiger charge is 2.35. The number of sulfonamides is 1. The lowest BCUT2D eigenvalue weighted by molar-refractivity contribution is -0.127. The van der Waals surface area contributed by atoms with Crippen LogP contribution in [0.5, 0.6) is 0 Å². The van der Waals surface area contributed by atoms with Crippen molar-refractivity contribution in [1.82, 2.24) is 14.5 Å². The van der Waals surface area contributed by atoms with Gasteiger partial charge in [-0.2, -0.15) is 4.31 Å². The molecule has 2 amide bonds. The van der Waals surface area contributed by atoms with E-state index in [1.165, 1.54) is 4.90 Å². The van der Waals surface area contributed by atoms with Gasteiger partial charge in [0.05, 0.1) is 5.92 Å². The van der Waals surface area contributed by atoms with Crippen molar-refractivity contribution in [3.63, 3.8) is 0 Å². The van der Waals surface area contributed by atoms with Crippen molar-refractivity contribution in [3.05, 3.63) is 29.8 Å². The molecule has 0 aromatic heterocycles. The zero-order valence-corrected chi connectivity index (χ0v) is 20.0. The number of hydrogen-bond donors (Lipinski definition) is 1. The van der Waals surface area contributed by atoms with Crippen molar-refractivity contribution in [3.8, 4) is 0 Å². The highest BCUT2D eigenvalue weighted by Crippen LogP contribution is 2.25. The molecule has 2 aliphatic heterocycles. The van der Waals surface area contributed by atoms with Crippen LogP contribution >= 0.6 is 0 Å². The van der Waals surface area contributed by atoms with Gasteiger partial charge in [-0.3, -0.25) is 4.79 Å². The molecule has 2 unspecified atom stereocenters. The fraction of sp³-hybridized carbons (Fsp3) is 0.636. The van der Waals surface area contributed by atoms with Gasteiger partial charge >= 0.3 is 6.09 Å². The second-order valence-corrected chi connectivity index (χ2v) is 11.5. The van der Waals surface area contributed by atoms with Gasteiger partial charge in [-0.25, -0.2) is 22.0 Å². The maximum atomic E-state index is 14.1. The largest absolute Gasteiger partial charge is 0.444 e. The van der Waals surface area contributed by atoms with Crippen molar-refractivity contribution in [2.45, 2.75) is 63.0 Å². The fourth-order valence-corrected chi connectivity index (χ4v) is 5.67. The Labute approximate surface area is 193 Å². The third kappa shape index (κ3) is 6.41. The summed E-state index contributed by atoms with van der Waals surface area (Å²) in [6.45, 7) is 6.25. The van der Waals surface area contributed by atoms with Crippen molar-refractivity contribution >= 4 is 22.0 Å². The Kier molecular flexibility index (Phi) is 7.62. The Hall–Kier alpha value is -2.27. The minimum absolute atomic E-state index is 0.00656. The lowest BCUT2D eigenvalue weighted by Crippen LogP contribution is -2.53. The first-order valence-corrected chi connectivity index (χ1v) is 12.5. The molecule has 33 heavy (non-hydrogen) atoms. The number of rotatable bonds is 4. The number of likely N-dealkylation sites (tertiary alicyclic amines) is 1. The molecule has 0 radical (unpaired) electrons. The van der Waals surface area contributed by atoms with Gasteiger partial charge < -0.3 is 15.0 Å². The first kappa shape index (κ1) is 25.4. The molecular weight excluding hydrogens is 456 g/mol. The topological polar surface area (TPSA) is 96.0 Å². The number of nitrogens with zero attached hydrogens (tertiary/aromatic N) is 2. The molecule has 2 atom stereocenters. The van der Waals surface area contributed by atoms with E-state index in [1.54, 1.807) is 20.8 Å². The van der Waals surface area contributed by atoms with E-state index in [1.807, 2.05) is 0 Å². The van der Waals surface area contributed by atoms with Gasteiger partial charge in [-0.15, -0.1) is 0 Å². The smallest absolute Gasteiger partial charge is 0.410 e. The normalized spacial score (nSPS) is 22.6. The first-order chi connectivity index (χ1) is 15.4. The van der Waals surface area contributed by atoms with E-state index in [-0.39, 0.29) is 25.5 Å². The minimum atomic E-state index is -4.17. The number of carbonyl (C=O) groups excluding carboxylic acids is 2. The summed E-state index contributed by atoms with van der Waals surface area (Å²) in [4.78, 5) is 26.2. The summed E-state index contributed by atoms with van der Waals surface area (Å²) in [7, 11) is -4.17. The summed E-state index contributed by atoms with van der Waals surface area (Å²) in [5.74, 6) is -2.68. The van der Waals surface area contributed by atoms with Crippen molar-refractivity contribution in [2.24, 2.45) is 5.92 Å². The highest BCUT2D eigenvalue weighted by molar-refractivity contribution is 7.89. The molecule has 0 aliphatic carbocycles. The lowest BCUT2D eigenvalue weighted by Gasteiger charge is -2.36. The van der Waals surface area contributed by atoms with Crippen LogP contribution < -0.4 is 5.32 Å². The molecule has 3 rings (SSSR count). The predicted molar refractivity (Wildman–Crippen MR) is 117 cm³/mol. The van der Waals surface area contributed by atoms with E-state index in [4.69, 9.17) is 4.74 Å². The number of ether oxygens (including phenoxy) is 1. The lowest BCUT2D eigenvalue weighted by atomic mass is 9.96. The molecule has 184 valence electrons. The fourth-order valence-electron chi connectivity index (χ4n) is 4.10. The van der Waals surface area contributed by atoms with Crippen LogP contribution in [-0.4, -0.2) is 67.4 Å². The van der Waals surface area contributed by atoms with Crippen LogP contribution in [0.3, 0.4) is 0 Å². The molecule has 1 aromatic rings. The number of hydrogen-bond acceptors (Lipinski definition) is 5. The van der Waals surface area contributed by atoms with Crippen LogP contribution in [0.2, 0.25) is 0 Å². The number of halogens is 2. The monoisotopic (exact) mass is 487 g/mol. The van der Waals surface area contributed by atoms with Crippen molar-refractivity contribution in [1.29, 1.82) is 0 Å². The van der Waals surface area contributed by atoms with E-state index < -0.39 is 50.2 Å². The standard InChI is InChI=1S/C22H31F2N3O5S/c1-22(2,3)32-21(29)26-10-4-6-15(13-26)20(28)25-17-7-5-11-27(14-17)33(30,31)19-9-8-16(23)12-18(19)24/h8-9,12,15,17H,4-7,10-11,13-14H2,1-3H3,(H,25,28). The van der Waals surface area contributed by atoms with Gasteiger partial charge in [-0.1, -0.05) is 0 Å². The summed E-state index contributed by atoms with van der Waals surface area (Å²) < 4.78 is 59.6. The SMILES string of the molecule is CC(C)(C)OC(=O)N1CCCC(C(=O)NC2CCCN(S(=O)(=O)c3ccc(F)cc3F)C2)C1. The summed E-state index contributed by atoms with van der Waals surface area (Å²) in [6.07, 6.45) is 1.87. The average Bonchev–Trinajstić information content (AvgIpc) is 2.72. The van der Waals surface area contributed by atoms with Crippen LogP contribution in [0, 0.1) is 17.6 Å². The summed E-state index contributed by atoms with van der Waals surface area (Å²) in [5.41, 5.74) is -0.632. The Morgan fingerprint density at radius 3 is 2.45 bits per heavy atom. The van der Waals surface area contributed by atoms with Crippen LogP contribution in [0.25, 0.3) is 0 Å². The van der Waals surface area contributed by atoms with Crippen LogP contribution in [0.15, 0.2) is 23.1 Å². The summed E-state index contributed by atoms with van der Waals surface area (Å²) >= 11 is 0. The van der Waals surface area contributed by atoms with Crippen molar-refractivity contribution in [2.75, 3.05) is 26.2 Å². The second-order valence-electron chi connectivity index (χ2n) is 9.55. The highest BCUT2D eigenvalue weighted by atomic mass is 32.2. The third-order valence-electron chi connectivity index (χ3n) is 5.69. The Bertz CT molecular complexity index is 996. The minimum Gasteiger partial charge on any atom is -0.444 e. The maximum absolute atomic E-state index is 14.1. The molecular formula is C22H31F2N3O5S. The van der Waals surface area contributed by atoms with Gasteiger partial charge in [0.15, 0.2) is 0 Å². The molecule has 1 aromatic carbocycles. The molecule has 1 N–H and O–H groups in total. The van der Waals surface area contributed by atoms with Crippen LogP contribution in [-0.2, 0) is 19.6 Å². The van der Waals surface area contributed by atoms with Gasteiger partial charge in [-0.05, 0) is 58.6 Å². The molecule has 2 saturated heterocycles. The average molecular weight is 488 g/mol. The number of nitrogens with one attached hydrogen (secondary N) is 1. The molecule has 2 fully saturated rings. The molecule has 11 heteroatoms. The predicted octanol–water partition coefficient (Wildman–Crippen LogP) is 2.88. The maximum Gasteiger partial charge on any atom is 0.410 e. The van der Waals surface area contributed by atoms with E-state index in [2.05, 4.69) is 5.32 Å². The number of amides is 2. The van der Waals surface area contributed by atoms with E-state index in [0.717, 1.165) is 16.4 Å². The van der Waals surface area contributed by atoms with Gasteiger partial charge in [0.2, 0.25) is 15.9 Å². The molecule has 2 heterocycles. The first-order valence-electron chi connectivity index (χ1n) is 11.1. The van der Waals surface area contributed by atoms with Crippen LogP contribution in [0.4, 0.5) is 13.6 Å². The molecule has 8 nitrogen and oxygen atoms in total. The zero-order chi connectivity index (χ0) is 24.4. The van der Waals surface area contributed by atoms with Gasteiger partial charge in [0, 0.05) is 38.3 Å². The summed E-state index contributed by atoms with van der Waals surface area (Å²) in [5, 5.41) is 2.90. The van der Waals surface area contributed by atoms with Gasteiger partial charge in [0.1, 0.15) is 22.1 Å². The molecule has 0 bridgehead atoms. The van der Waals surface area contributed by atoms with Crippen LogP contribution in [0.1, 0.15) is 46.5 Å². The number of benzene rings is 1. The third-order valence-corrected chi connectivity index (χ3v) is 7.58. The quantitative estimate of drug-likeness (QED) is 0.705. The molecule has 0 spiro atoms. The molecule has 0 saturated carbocycles. The van der Waals surface area contributed by atoms with Gasteiger partial charge in [0.25, 0.3) is 0 Å². The second kappa shape index (κ2) is 9.92. The number of carbonyl (C=O) groups is 2. The van der Waals surface area contributed by atoms with E-state index in [0.29, 0.717) is 38.3 Å². The van der Waals surface area contributed by atoms with Crippen molar-refractivity contribution < 1.29 is 31.5 Å². The van der Waals surface area contributed by atoms with E-state index >= 15 is 0 Å². The van der Waals surface area contributed by atoms with E-state index in [9.17, 15) is 26.8 Å². The number of piperidine rings is 2. The summed E-state index contributed by atoms with van der Waals surface area (Å²) in [6, 6.07) is 1.91. The Morgan fingerprint density at radius 1 is 1.09 bits per heavy atom.